The van der Waals surface area contributed by atoms with Gasteiger partial charge in [0.2, 0.25) is 5.91 Å². The molecule has 3 heterocycles. The number of aromatic nitrogens is 2. The van der Waals surface area contributed by atoms with E-state index in [1.807, 2.05) is 17.3 Å². The lowest BCUT2D eigenvalue weighted by atomic mass is 9.71. The van der Waals surface area contributed by atoms with Crippen molar-refractivity contribution in [2.45, 2.75) is 51.4 Å². The Kier molecular flexibility index (Phi) is 4.56. The van der Waals surface area contributed by atoms with Gasteiger partial charge in [-0.2, -0.15) is 5.26 Å². The maximum atomic E-state index is 13.1. The molecule has 6 heteroatoms. The summed E-state index contributed by atoms with van der Waals surface area (Å²) in [5.74, 6) is 0.107. The number of likely N-dealkylation sites (tertiary alicyclic amines) is 1. The van der Waals surface area contributed by atoms with Crippen molar-refractivity contribution >= 4 is 11.6 Å². The molecule has 2 aliphatic heterocycles. The van der Waals surface area contributed by atoms with Crippen molar-refractivity contribution in [1.82, 2.24) is 14.9 Å². The predicted molar refractivity (Wildman–Crippen MR) is 98.2 cm³/mol. The highest BCUT2D eigenvalue weighted by molar-refractivity contribution is 5.86. The first-order valence-electron chi connectivity index (χ1n) is 9.87. The van der Waals surface area contributed by atoms with E-state index in [0.717, 1.165) is 76.8 Å². The molecule has 1 spiro atoms. The van der Waals surface area contributed by atoms with Crippen molar-refractivity contribution in [3.8, 4) is 6.07 Å². The number of piperidine rings is 2. The molecule has 0 radical (unpaired) electrons. The number of rotatable bonds is 2. The summed E-state index contributed by atoms with van der Waals surface area (Å²) in [5, 5.41) is 9.66. The standard InChI is InChI=1S/C20H27N5O/c21-14-20(5-1-2-6-20)18(26)25-9-3-4-19(15-25)7-10-24(11-8-19)17-12-22-16-23-13-17/h12-13,16H,1-11,15H2. The fraction of sp³-hybridized carbons (Fsp3) is 0.700. The topological polar surface area (TPSA) is 73.1 Å². The third kappa shape index (κ3) is 3.04. The summed E-state index contributed by atoms with van der Waals surface area (Å²) in [6.07, 6.45) is 13.2. The Morgan fingerprint density at radius 2 is 1.69 bits per heavy atom. The van der Waals surface area contributed by atoms with Crippen LogP contribution in [0.15, 0.2) is 18.7 Å². The molecule has 0 N–H and O–H groups in total. The van der Waals surface area contributed by atoms with E-state index in [9.17, 15) is 10.1 Å². The highest BCUT2D eigenvalue weighted by Crippen LogP contribution is 2.44. The van der Waals surface area contributed by atoms with Crippen molar-refractivity contribution in [2.24, 2.45) is 10.8 Å². The molecule has 1 saturated carbocycles. The average molecular weight is 353 g/mol. The molecule has 0 aromatic carbocycles. The van der Waals surface area contributed by atoms with Crippen LogP contribution < -0.4 is 4.90 Å². The Bertz CT molecular complexity index is 684. The van der Waals surface area contributed by atoms with Crippen LogP contribution in [-0.4, -0.2) is 47.0 Å². The van der Waals surface area contributed by atoms with Gasteiger partial charge in [-0.3, -0.25) is 4.79 Å². The lowest BCUT2D eigenvalue weighted by Gasteiger charge is -2.49. The van der Waals surface area contributed by atoms with Crippen molar-refractivity contribution in [3.63, 3.8) is 0 Å². The Morgan fingerprint density at radius 3 is 2.35 bits per heavy atom. The lowest BCUT2D eigenvalue weighted by Crippen LogP contribution is -2.54. The Hall–Kier alpha value is -2.16. The van der Waals surface area contributed by atoms with Gasteiger partial charge >= 0.3 is 0 Å². The first-order chi connectivity index (χ1) is 12.7. The average Bonchev–Trinajstić information content (AvgIpc) is 3.19. The van der Waals surface area contributed by atoms with Gasteiger partial charge in [0.05, 0.1) is 24.2 Å². The van der Waals surface area contributed by atoms with E-state index in [4.69, 9.17) is 0 Å². The van der Waals surface area contributed by atoms with Crippen LogP contribution in [0, 0.1) is 22.2 Å². The second kappa shape index (κ2) is 6.86. The van der Waals surface area contributed by atoms with Gasteiger partial charge in [-0.15, -0.1) is 0 Å². The van der Waals surface area contributed by atoms with Gasteiger partial charge < -0.3 is 9.80 Å². The zero-order chi connectivity index (χ0) is 18.0. The van der Waals surface area contributed by atoms with Gasteiger partial charge in [-0.1, -0.05) is 12.8 Å². The van der Waals surface area contributed by atoms with Crippen molar-refractivity contribution in [2.75, 3.05) is 31.1 Å². The zero-order valence-electron chi connectivity index (χ0n) is 15.4. The number of nitriles is 1. The smallest absolute Gasteiger partial charge is 0.243 e. The van der Waals surface area contributed by atoms with Gasteiger partial charge in [-0.25, -0.2) is 9.97 Å². The maximum Gasteiger partial charge on any atom is 0.243 e. The molecule has 26 heavy (non-hydrogen) atoms. The van der Waals surface area contributed by atoms with E-state index in [2.05, 4.69) is 20.9 Å². The molecule has 6 nitrogen and oxygen atoms in total. The van der Waals surface area contributed by atoms with E-state index in [-0.39, 0.29) is 11.3 Å². The zero-order valence-corrected chi connectivity index (χ0v) is 15.4. The SMILES string of the molecule is N#CC1(C(=O)N2CCCC3(CCN(c4cncnc4)CC3)C2)CCCC1. The summed E-state index contributed by atoms with van der Waals surface area (Å²) in [6, 6.07) is 2.38. The van der Waals surface area contributed by atoms with Crippen LogP contribution in [0.4, 0.5) is 5.69 Å². The third-order valence-electron chi connectivity index (χ3n) is 6.77. The third-order valence-corrected chi connectivity index (χ3v) is 6.77. The first-order valence-corrected chi connectivity index (χ1v) is 9.87. The Balaban J connectivity index is 1.43. The van der Waals surface area contributed by atoms with Gasteiger partial charge in [0.25, 0.3) is 0 Å². The van der Waals surface area contributed by atoms with Gasteiger partial charge in [0, 0.05) is 26.2 Å². The van der Waals surface area contributed by atoms with Gasteiger partial charge in [0.1, 0.15) is 11.7 Å². The molecule has 1 aliphatic carbocycles. The minimum Gasteiger partial charge on any atom is -0.369 e. The van der Waals surface area contributed by atoms with E-state index >= 15 is 0 Å². The highest BCUT2D eigenvalue weighted by Gasteiger charge is 2.47. The molecule has 4 rings (SSSR count). The molecule has 0 bridgehead atoms. The number of hydrogen-bond acceptors (Lipinski definition) is 5. The van der Waals surface area contributed by atoms with Gasteiger partial charge in [0.15, 0.2) is 0 Å². The first kappa shape index (κ1) is 17.3. The molecule has 2 saturated heterocycles. The minimum atomic E-state index is -0.736. The number of carbonyl (C=O) groups is 1. The van der Waals surface area contributed by atoms with E-state index in [1.54, 1.807) is 6.33 Å². The molecule has 1 aromatic heterocycles. The van der Waals surface area contributed by atoms with Crippen molar-refractivity contribution in [1.29, 1.82) is 5.26 Å². The molecule has 0 unspecified atom stereocenters. The lowest BCUT2D eigenvalue weighted by molar-refractivity contribution is -0.143. The van der Waals surface area contributed by atoms with Gasteiger partial charge in [-0.05, 0) is 43.9 Å². The van der Waals surface area contributed by atoms with Crippen LogP contribution in [0.3, 0.4) is 0 Å². The minimum absolute atomic E-state index is 0.107. The predicted octanol–water partition coefficient (Wildman–Crippen LogP) is 2.77. The number of hydrogen-bond donors (Lipinski definition) is 0. The molecule has 0 atom stereocenters. The maximum absolute atomic E-state index is 13.1. The molecule has 3 fully saturated rings. The monoisotopic (exact) mass is 353 g/mol. The highest BCUT2D eigenvalue weighted by atomic mass is 16.2. The molecule has 3 aliphatic rings. The van der Waals surface area contributed by atoms with Crippen molar-refractivity contribution in [3.05, 3.63) is 18.7 Å². The van der Waals surface area contributed by atoms with Crippen LogP contribution in [0.2, 0.25) is 0 Å². The van der Waals surface area contributed by atoms with Crippen LogP contribution in [0.25, 0.3) is 0 Å². The van der Waals surface area contributed by atoms with E-state index in [1.165, 1.54) is 6.42 Å². The summed E-state index contributed by atoms with van der Waals surface area (Å²) in [7, 11) is 0. The summed E-state index contributed by atoms with van der Waals surface area (Å²) >= 11 is 0. The second-order valence-corrected chi connectivity index (χ2v) is 8.32. The summed E-state index contributed by atoms with van der Waals surface area (Å²) < 4.78 is 0. The largest absolute Gasteiger partial charge is 0.369 e. The normalized spacial score (nSPS) is 24.4. The molecule has 1 amide bonds. The number of carbonyl (C=O) groups excluding carboxylic acids is 1. The molecular weight excluding hydrogens is 326 g/mol. The number of nitrogens with zero attached hydrogens (tertiary/aromatic N) is 5. The summed E-state index contributed by atoms with van der Waals surface area (Å²) in [5.41, 5.74) is 0.566. The summed E-state index contributed by atoms with van der Waals surface area (Å²) in [6.45, 7) is 3.62. The second-order valence-electron chi connectivity index (χ2n) is 8.32. The number of anilines is 1. The Morgan fingerprint density at radius 1 is 1.00 bits per heavy atom. The quantitative estimate of drug-likeness (QED) is 0.817. The fourth-order valence-electron chi connectivity index (χ4n) is 5.14. The molecular formula is C20H27N5O. The van der Waals surface area contributed by atoms with Crippen LogP contribution in [0.5, 0.6) is 0 Å². The van der Waals surface area contributed by atoms with E-state index in [0.29, 0.717) is 0 Å². The fourth-order valence-corrected chi connectivity index (χ4v) is 5.14. The van der Waals surface area contributed by atoms with Crippen molar-refractivity contribution < 1.29 is 4.79 Å². The van der Waals surface area contributed by atoms with E-state index < -0.39 is 5.41 Å². The molecule has 138 valence electrons. The van der Waals surface area contributed by atoms with Crippen LogP contribution in [-0.2, 0) is 4.79 Å². The van der Waals surface area contributed by atoms with Crippen LogP contribution in [0.1, 0.15) is 51.4 Å². The van der Waals surface area contributed by atoms with Crippen LogP contribution >= 0.6 is 0 Å². The summed E-state index contributed by atoms with van der Waals surface area (Å²) in [4.78, 5) is 25.8. The Labute approximate surface area is 155 Å². The number of amides is 1. The molecule has 1 aromatic rings.